The van der Waals surface area contributed by atoms with Gasteiger partial charge in [0.1, 0.15) is 19.3 Å². The van der Waals surface area contributed by atoms with E-state index in [1.54, 1.807) is 0 Å². The molecule has 0 aliphatic rings. The van der Waals surface area contributed by atoms with E-state index in [0.29, 0.717) is 25.7 Å². The van der Waals surface area contributed by atoms with E-state index in [4.69, 9.17) is 37.0 Å². The molecule has 0 heterocycles. The molecule has 0 radical (unpaired) electrons. The van der Waals surface area contributed by atoms with E-state index in [2.05, 4.69) is 55.4 Å². The van der Waals surface area contributed by atoms with Gasteiger partial charge in [-0.05, 0) is 49.4 Å². The summed E-state index contributed by atoms with van der Waals surface area (Å²) in [7, 11) is -9.90. The van der Waals surface area contributed by atoms with Crippen LogP contribution in [0.15, 0.2) is 0 Å². The van der Waals surface area contributed by atoms with Gasteiger partial charge in [-0.15, -0.1) is 0 Å². The Balaban J connectivity index is 5.26. The number of aliphatic hydroxyl groups excluding tert-OH is 1. The lowest BCUT2D eigenvalue weighted by molar-refractivity contribution is -0.161. The maximum atomic E-state index is 13.0. The number of hydrogen-bond acceptors (Lipinski definition) is 15. The van der Waals surface area contributed by atoms with Crippen molar-refractivity contribution in [3.63, 3.8) is 0 Å². The number of carbonyl (C=O) groups is 4. The van der Waals surface area contributed by atoms with Gasteiger partial charge < -0.3 is 33.8 Å². The van der Waals surface area contributed by atoms with Crippen molar-refractivity contribution in [2.45, 2.75) is 369 Å². The molecule has 19 heteroatoms. The molecule has 0 aromatic heterocycles. The molecule has 534 valence electrons. The topological polar surface area (TPSA) is 237 Å². The first-order valence-electron chi connectivity index (χ1n) is 36.7. The number of aliphatic hydroxyl groups is 1. The molecular formula is C71H138O17P2. The second kappa shape index (κ2) is 60.7. The lowest BCUT2D eigenvalue weighted by Crippen LogP contribution is -2.30. The molecule has 0 aliphatic carbocycles. The van der Waals surface area contributed by atoms with Crippen LogP contribution in [0.2, 0.25) is 0 Å². The molecule has 6 atom stereocenters. The minimum atomic E-state index is -4.95. The Morgan fingerprint density at radius 1 is 0.311 bits per heavy atom. The fourth-order valence-corrected chi connectivity index (χ4v) is 12.2. The summed E-state index contributed by atoms with van der Waals surface area (Å²) >= 11 is 0. The summed E-state index contributed by atoms with van der Waals surface area (Å²) in [6, 6.07) is 0. The molecule has 0 aromatic rings. The maximum Gasteiger partial charge on any atom is 0.472 e. The molecule has 90 heavy (non-hydrogen) atoms. The van der Waals surface area contributed by atoms with E-state index in [-0.39, 0.29) is 25.7 Å². The van der Waals surface area contributed by atoms with E-state index < -0.39 is 97.5 Å². The average molecular weight is 1330 g/mol. The standard InChI is InChI=1S/C71H138O17P2/c1-9-64(8)50-42-34-29-30-36-44-52-69(74)82-58-67(88-70(75)53-45-37-27-19-15-11-10-13-17-23-31-39-47-61(2)3)60-86-90(79,80)84-56-65(72)55-83-89(77,78)85-59-66(57-81-68(73)51-43-35-26-22-21-25-33-41-49-63(6)7)87-71(76)54-46-38-28-20-16-12-14-18-24-32-40-48-62(4)5/h61-67,72H,9-60H2,1-8H3,(H,77,78)(H,79,80)/t64?,65?,66-,67-/m1/s1. The van der Waals surface area contributed by atoms with Crippen molar-refractivity contribution >= 4 is 39.5 Å². The minimum absolute atomic E-state index is 0.105. The molecule has 4 unspecified atom stereocenters. The highest BCUT2D eigenvalue weighted by molar-refractivity contribution is 7.47. The Morgan fingerprint density at radius 2 is 0.533 bits per heavy atom. The number of esters is 4. The predicted octanol–water partition coefficient (Wildman–Crippen LogP) is 20.1. The highest BCUT2D eigenvalue weighted by Crippen LogP contribution is 2.45. The van der Waals surface area contributed by atoms with Crippen molar-refractivity contribution in [1.82, 2.24) is 0 Å². The zero-order valence-electron chi connectivity index (χ0n) is 58.8. The third-order valence-electron chi connectivity index (χ3n) is 16.7. The van der Waals surface area contributed by atoms with Crippen molar-refractivity contribution in [3.8, 4) is 0 Å². The van der Waals surface area contributed by atoms with Gasteiger partial charge in [0.25, 0.3) is 0 Å². The lowest BCUT2D eigenvalue weighted by Gasteiger charge is -2.21. The number of ether oxygens (including phenoxy) is 4. The van der Waals surface area contributed by atoms with Crippen molar-refractivity contribution in [2.75, 3.05) is 39.6 Å². The molecule has 0 rings (SSSR count). The number of carbonyl (C=O) groups excluding carboxylic acids is 4. The first-order chi connectivity index (χ1) is 43.1. The molecule has 0 saturated carbocycles. The van der Waals surface area contributed by atoms with Gasteiger partial charge in [-0.25, -0.2) is 9.13 Å². The summed E-state index contributed by atoms with van der Waals surface area (Å²) in [5.74, 6) is 0.870. The largest absolute Gasteiger partial charge is 0.472 e. The summed E-state index contributed by atoms with van der Waals surface area (Å²) < 4.78 is 68.3. The van der Waals surface area contributed by atoms with Gasteiger partial charge in [0.15, 0.2) is 12.2 Å². The molecule has 17 nitrogen and oxygen atoms in total. The summed E-state index contributed by atoms with van der Waals surface area (Å²) in [4.78, 5) is 72.6. The first kappa shape index (κ1) is 88.1. The number of phosphoric ester groups is 2. The van der Waals surface area contributed by atoms with Crippen molar-refractivity contribution in [3.05, 3.63) is 0 Å². The molecule has 0 bridgehead atoms. The van der Waals surface area contributed by atoms with E-state index in [1.807, 2.05) is 0 Å². The second-order valence-electron chi connectivity index (χ2n) is 27.3. The predicted molar refractivity (Wildman–Crippen MR) is 363 cm³/mol. The van der Waals surface area contributed by atoms with Gasteiger partial charge in [0, 0.05) is 25.7 Å². The van der Waals surface area contributed by atoms with Crippen LogP contribution in [-0.4, -0.2) is 96.7 Å². The van der Waals surface area contributed by atoms with Crippen LogP contribution >= 0.6 is 15.6 Å². The van der Waals surface area contributed by atoms with E-state index in [1.165, 1.54) is 148 Å². The van der Waals surface area contributed by atoms with Crippen molar-refractivity contribution in [2.24, 2.45) is 23.7 Å². The van der Waals surface area contributed by atoms with E-state index >= 15 is 0 Å². The molecule has 0 aromatic carbocycles. The zero-order chi connectivity index (χ0) is 66.8. The van der Waals surface area contributed by atoms with Crippen LogP contribution in [0.25, 0.3) is 0 Å². The Kier molecular flexibility index (Phi) is 59.4. The number of hydrogen-bond donors (Lipinski definition) is 3. The Bertz CT molecular complexity index is 1780. The maximum absolute atomic E-state index is 13.0. The SMILES string of the molecule is CCC(C)CCCCCCCCC(=O)OC[C@H](COP(=O)(O)OCC(O)COP(=O)(O)OC[C@@H](COC(=O)CCCCCCCCCCC(C)C)OC(=O)CCCCCCCCCCCCCC(C)C)OC(=O)CCCCCCCCCCCCCCC(C)C. The first-order valence-corrected chi connectivity index (χ1v) is 39.7. The van der Waals surface area contributed by atoms with Crippen LogP contribution in [0.5, 0.6) is 0 Å². The van der Waals surface area contributed by atoms with Crippen LogP contribution in [0.1, 0.15) is 351 Å². The van der Waals surface area contributed by atoms with E-state index in [0.717, 1.165) is 120 Å². The Labute approximate surface area is 549 Å². The highest BCUT2D eigenvalue weighted by Gasteiger charge is 2.30. The van der Waals surface area contributed by atoms with Gasteiger partial charge in [-0.3, -0.25) is 37.3 Å². The summed E-state index contributed by atoms with van der Waals surface area (Å²) in [5.41, 5.74) is 0. The second-order valence-corrected chi connectivity index (χ2v) is 30.2. The van der Waals surface area contributed by atoms with Crippen LogP contribution in [0.4, 0.5) is 0 Å². The summed E-state index contributed by atoms with van der Waals surface area (Å²) in [5, 5.41) is 10.6. The number of rotatable bonds is 68. The molecule has 0 spiro atoms. The van der Waals surface area contributed by atoms with Gasteiger partial charge in [0.2, 0.25) is 0 Å². The third kappa shape index (κ3) is 63.5. The fourth-order valence-electron chi connectivity index (χ4n) is 10.6. The normalized spacial score (nSPS) is 14.6. The zero-order valence-corrected chi connectivity index (χ0v) is 60.6. The highest BCUT2D eigenvalue weighted by atomic mass is 31.2. The third-order valence-corrected chi connectivity index (χ3v) is 18.6. The molecule has 3 N–H and O–H groups in total. The quantitative estimate of drug-likeness (QED) is 0.0222. The van der Waals surface area contributed by atoms with Crippen molar-refractivity contribution in [1.29, 1.82) is 0 Å². The molecule has 0 saturated heterocycles. The molecule has 0 fully saturated rings. The molecule has 0 aliphatic heterocycles. The smallest absolute Gasteiger partial charge is 0.462 e. The van der Waals surface area contributed by atoms with Gasteiger partial charge >= 0.3 is 39.5 Å². The number of phosphoric acid groups is 2. The van der Waals surface area contributed by atoms with Gasteiger partial charge in [-0.1, -0.05) is 299 Å². The van der Waals surface area contributed by atoms with Crippen LogP contribution < -0.4 is 0 Å². The number of unbranched alkanes of at least 4 members (excludes halogenated alkanes) is 33. The van der Waals surface area contributed by atoms with Gasteiger partial charge in [-0.2, -0.15) is 0 Å². The molecular weight excluding hydrogens is 1190 g/mol. The summed E-state index contributed by atoms with van der Waals surface area (Å²) in [6.45, 7) is 14.1. The fraction of sp³-hybridized carbons (Fsp3) is 0.944. The van der Waals surface area contributed by atoms with Gasteiger partial charge in [0.05, 0.1) is 26.4 Å². The monoisotopic (exact) mass is 1320 g/mol. The minimum Gasteiger partial charge on any atom is -0.462 e. The Hall–Kier alpha value is -1.94. The lowest BCUT2D eigenvalue weighted by atomic mass is 10.00. The van der Waals surface area contributed by atoms with Crippen LogP contribution in [-0.2, 0) is 65.4 Å². The van der Waals surface area contributed by atoms with E-state index in [9.17, 15) is 43.2 Å². The van der Waals surface area contributed by atoms with Crippen LogP contribution in [0.3, 0.4) is 0 Å². The molecule has 0 amide bonds. The summed E-state index contributed by atoms with van der Waals surface area (Å²) in [6.07, 6.45) is 43.1. The Morgan fingerprint density at radius 3 is 0.789 bits per heavy atom. The van der Waals surface area contributed by atoms with Crippen LogP contribution in [0, 0.1) is 23.7 Å². The van der Waals surface area contributed by atoms with Crippen molar-refractivity contribution < 1.29 is 80.2 Å². The average Bonchev–Trinajstić information content (AvgIpc) is 3.21.